The van der Waals surface area contributed by atoms with Crippen molar-refractivity contribution in [3.8, 4) is 11.5 Å². The van der Waals surface area contributed by atoms with Crippen molar-refractivity contribution in [2.24, 2.45) is 0 Å². The number of rotatable bonds is 2. The summed E-state index contributed by atoms with van der Waals surface area (Å²) < 4.78 is 0. The van der Waals surface area contributed by atoms with Crippen molar-refractivity contribution in [1.29, 1.82) is 0 Å². The van der Waals surface area contributed by atoms with Crippen molar-refractivity contribution in [1.82, 2.24) is 4.90 Å². The van der Waals surface area contributed by atoms with E-state index < -0.39 is 0 Å². The van der Waals surface area contributed by atoms with Crippen molar-refractivity contribution in [2.45, 2.75) is 44.6 Å². The Morgan fingerprint density at radius 1 is 1.05 bits per heavy atom. The number of amides is 2. The van der Waals surface area contributed by atoms with E-state index in [1.54, 1.807) is 12.1 Å². The molecule has 2 aliphatic rings. The average Bonchev–Trinajstić information content (AvgIpc) is 2.78. The second kappa shape index (κ2) is 5.83. The highest BCUT2D eigenvalue weighted by Gasteiger charge is 2.38. The minimum atomic E-state index is -0.241. The first-order valence-corrected chi connectivity index (χ1v) is 7.65. The molecule has 1 aromatic rings. The van der Waals surface area contributed by atoms with Gasteiger partial charge in [0, 0.05) is 11.6 Å². The van der Waals surface area contributed by atoms with Gasteiger partial charge in [-0.05, 0) is 36.6 Å². The molecule has 2 amide bonds. The standard InChI is InChI=1S/C17H19NO4/c19-14-7-6-11(9-15(14)20)8-12-10-16(21)18(17(12)22)13-4-2-1-3-5-13/h6-9,13,19-20H,1-5,10H2/b12-8+. The fourth-order valence-electron chi connectivity index (χ4n) is 3.24. The number of carbonyl (C=O) groups excluding carboxylic acids is 2. The van der Waals surface area contributed by atoms with Gasteiger partial charge < -0.3 is 10.2 Å². The third-order valence-corrected chi connectivity index (χ3v) is 4.38. The molecular weight excluding hydrogens is 282 g/mol. The van der Waals surface area contributed by atoms with Crippen LogP contribution in [0.1, 0.15) is 44.1 Å². The SMILES string of the molecule is O=C1C/C(=C\c2ccc(O)c(O)c2)C(=O)N1C1CCCCC1. The summed E-state index contributed by atoms with van der Waals surface area (Å²) in [5.41, 5.74) is 1.04. The van der Waals surface area contributed by atoms with Crippen LogP contribution in [0.4, 0.5) is 0 Å². The zero-order valence-electron chi connectivity index (χ0n) is 12.3. The van der Waals surface area contributed by atoms with Crippen molar-refractivity contribution in [3.05, 3.63) is 29.3 Å². The van der Waals surface area contributed by atoms with E-state index >= 15 is 0 Å². The number of phenolic OH excluding ortho intramolecular Hbond substituents is 2. The topological polar surface area (TPSA) is 77.8 Å². The lowest BCUT2D eigenvalue weighted by molar-refractivity contribution is -0.141. The maximum atomic E-state index is 12.5. The fourth-order valence-corrected chi connectivity index (χ4v) is 3.24. The molecule has 1 aliphatic heterocycles. The number of hydrogen-bond donors (Lipinski definition) is 2. The smallest absolute Gasteiger partial charge is 0.257 e. The average molecular weight is 301 g/mol. The van der Waals surface area contributed by atoms with Crippen LogP contribution in [-0.4, -0.2) is 33.0 Å². The van der Waals surface area contributed by atoms with Crippen LogP contribution in [0.3, 0.4) is 0 Å². The minimum Gasteiger partial charge on any atom is -0.504 e. The normalized spacial score (nSPS) is 21.8. The maximum Gasteiger partial charge on any atom is 0.257 e. The van der Waals surface area contributed by atoms with E-state index in [4.69, 9.17) is 0 Å². The Kier molecular flexibility index (Phi) is 3.88. The Balaban J connectivity index is 1.83. The summed E-state index contributed by atoms with van der Waals surface area (Å²) in [5.74, 6) is -0.800. The molecule has 2 fully saturated rings. The number of nitrogens with zero attached hydrogens (tertiary/aromatic N) is 1. The zero-order chi connectivity index (χ0) is 15.7. The number of aromatic hydroxyl groups is 2. The molecule has 2 N–H and O–H groups in total. The fraction of sp³-hybridized carbons (Fsp3) is 0.412. The van der Waals surface area contributed by atoms with E-state index in [1.165, 1.54) is 23.5 Å². The van der Waals surface area contributed by atoms with E-state index in [0.29, 0.717) is 11.1 Å². The number of benzene rings is 1. The molecule has 5 heteroatoms. The van der Waals surface area contributed by atoms with Crippen molar-refractivity contribution in [2.75, 3.05) is 0 Å². The molecule has 3 rings (SSSR count). The quantitative estimate of drug-likeness (QED) is 0.500. The third-order valence-electron chi connectivity index (χ3n) is 4.38. The molecular formula is C17H19NO4. The number of phenols is 2. The predicted octanol–water partition coefficient (Wildman–Crippen LogP) is 2.57. The Hall–Kier alpha value is -2.30. The molecule has 22 heavy (non-hydrogen) atoms. The number of carbonyl (C=O) groups is 2. The van der Waals surface area contributed by atoms with Crippen molar-refractivity contribution in [3.63, 3.8) is 0 Å². The summed E-state index contributed by atoms with van der Waals surface area (Å²) >= 11 is 0. The van der Waals surface area contributed by atoms with Crippen molar-refractivity contribution < 1.29 is 19.8 Å². The van der Waals surface area contributed by atoms with Crippen LogP contribution in [-0.2, 0) is 9.59 Å². The molecule has 1 saturated heterocycles. The first-order chi connectivity index (χ1) is 10.6. The second-order valence-electron chi connectivity index (χ2n) is 5.96. The van der Waals surface area contributed by atoms with Crippen LogP contribution in [0.2, 0.25) is 0 Å². The lowest BCUT2D eigenvalue weighted by Crippen LogP contribution is -2.40. The van der Waals surface area contributed by atoms with Crippen LogP contribution in [0.5, 0.6) is 11.5 Å². The molecule has 1 heterocycles. The van der Waals surface area contributed by atoms with Crippen LogP contribution in [0.15, 0.2) is 23.8 Å². The lowest BCUT2D eigenvalue weighted by Gasteiger charge is -2.29. The van der Waals surface area contributed by atoms with Gasteiger partial charge in [-0.1, -0.05) is 25.3 Å². The van der Waals surface area contributed by atoms with Crippen molar-refractivity contribution >= 4 is 17.9 Å². The summed E-state index contributed by atoms with van der Waals surface area (Å²) in [7, 11) is 0. The van der Waals surface area contributed by atoms with E-state index in [9.17, 15) is 19.8 Å². The van der Waals surface area contributed by atoms with Gasteiger partial charge in [0.25, 0.3) is 5.91 Å². The van der Waals surface area contributed by atoms with E-state index in [-0.39, 0.29) is 35.8 Å². The monoisotopic (exact) mass is 301 g/mol. The highest BCUT2D eigenvalue weighted by molar-refractivity contribution is 6.15. The van der Waals surface area contributed by atoms with Crippen LogP contribution < -0.4 is 0 Å². The minimum absolute atomic E-state index is 0.0351. The Labute approximate surface area is 128 Å². The summed E-state index contributed by atoms with van der Waals surface area (Å²) in [6, 6.07) is 4.38. The van der Waals surface area contributed by atoms with E-state index in [2.05, 4.69) is 0 Å². The lowest BCUT2D eigenvalue weighted by atomic mass is 9.94. The Bertz CT molecular complexity index is 644. The first-order valence-electron chi connectivity index (χ1n) is 7.65. The van der Waals surface area contributed by atoms with E-state index in [0.717, 1.165) is 25.7 Å². The Morgan fingerprint density at radius 2 is 1.77 bits per heavy atom. The van der Waals surface area contributed by atoms with Crippen LogP contribution in [0, 0.1) is 0 Å². The van der Waals surface area contributed by atoms with Gasteiger partial charge in [0.2, 0.25) is 5.91 Å². The number of imide groups is 1. The van der Waals surface area contributed by atoms with Gasteiger partial charge in [-0.15, -0.1) is 0 Å². The molecule has 0 atom stereocenters. The molecule has 116 valence electrons. The van der Waals surface area contributed by atoms with Gasteiger partial charge in [0.15, 0.2) is 11.5 Å². The van der Waals surface area contributed by atoms with Crippen LogP contribution >= 0.6 is 0 Å². The summed E-state index contributed by atoms with van der Waals surface area (Å²) in [5, 5.41) is 18.8. The summed E-state index contributed by atoms with van der Waals surface area (Å²) in [4.78, 5) is 26.1. The molecule has 5 nitrogen and oxygen atoms in total. The molecule has 1 aliphatic carbocycles. The molecule has 0 radical (unpaired) electrons. The molecule has 1 saturated carbocycles. The highest BCUT2D eigenvalue weighted by atomic mass is 16.3. The zero-order valence-corrected chi connectivity index (χ0v) is 12.3. The van der Waals surface area contributed by atoms with Gasteiger partial charge >= 0.3 is 0 Å². The third kappa shape index (κ3) is 2.71. The van der Waals surface area contributed by atoms with Gasteiger partial charge in [-0.2, -0.15) is 0 Å². The summed E-state index contributed by atoms with van der Waals surface area (Å²) in [6.45, 7) is 0. The molecule has 1 aromatic carbocycles. The number of hydrogen-bond acceptors (Lipinski definition) is 4. The predicted molar refractivity (Wildman–Crippen MR) is 81.1 cm³/mol. The van der Waals surface area contributed by atoms with E-state index in [1.807, 2.05) is 0 Å². The van der Waals surface area contributed by atoms with Gasteiger partial charge in [0.1, 0.15) is 0 Å². The largest absolute Gasteiger partial charge is 0.504 e. The highest BCUT2D eigenvalue weighted by Crippen LogP contribution is 2.31. The molecule has 0 aromatic heterocycles. The second-order valence-corrected chi connectivity index (χ2v) is 5.96. The number of likely N-dealkylation sites (tertiary alicyclic amines) is 1. The van der Waals surface area contributed by atoms with Gasteiger partial charge in [-0.25, -0.2) is 0 Å². The maximum absolute atomic E-state index is 12.5. The molecule has 0 unspecified atom stereocenters. The van der Waals surface area contributed by atoms with Gasteiger partial charge in [0.05, 0.1) is 6.42 Å². The van der Waals surface area contributed by atoms with Gasteiger partial charge in [-0.3, -0.25) is 14.5 Å². The molecule has 0 bridgehead atoms. The van der Waals surface area contributed by atoms with Crippen LogP contribution in [0.25, 0.3) is 6.08 Å². The first kappa shape index (κ1) is 14.6. The molecule has 0 spiro atoms. The summed E-state index contributed by atoms with van der Waals surface area (Å²) in [6.07, 6.45) is 6.80. The Morgan fingerprint density at radius 3 is 2.45 bits per heavy atom.